The Bertz CT molecular complexity index is 1090. The van der Waals surface area contributed by atoms with Gasteiger partial charge >= 0.3 is 12.1 Å². The molecule has 4 rings (SSSR count). The second kappa shape index (κ2) is 7.92. The average Bonchev–Trinajstić information content (AvgIpc) is 3.02. The van der Waals surface area contributed by atoms with Gasteiger partial charge < -0.3 is 14.4 Å². The van der Waals surface area contributed by atoms with E-state index in [0.29, 0.717) is 12.3 Å². The fraction of sp³-hybridized carbons (Fsp3) is 0.182. The molecule has 30 heavy (non-hydrogen) atoms. The number of carbonyl (C=O) groups excluding carboxylic acids is 2. The van der Waals surface area contributed by atoms with Gasteiger partial charge in [-0.3, -0.25) is 10.5 Å². The lowest BCUT2D eigenvalue weighted by molar-refractivity contribution is -0.00436. The van der Waals surface area contributed by atoms with E-state index in [1.165, 1.54) is 10.4 Å². The number of hydrogen-bond donors (Lipinski definition) is 3. The van der Waals surface area contributed by atoms with E-state index in [9.17, 15) is 9.59 Å². The molecule has 8 nitrogen and oxygen atoms in total. The van der Waals surface area contributed by atoms with Gasteiger partial charge in [-0.1, -0.05) is 42.5 Å². The van der Waals surface area contributed by atoms with Gasteiger partial charge in [0, 0.05) is 6.54 Å². The van der Waals surface area contributed by atoms with Crippen molar-refractivity contribution in [2.24, 2.45) is 0 Å². The summed E-state index contributed by atoms with van der Waals surface area (Å²) >= 11 is 0. The largest absolute Gasteiger partial charge is 0.457 e. The van der Waals surface area contributed by atoms with Crippen molar-refractivity contribution in [3.05, 3.63) is 72.3 Å². The topological polar surface area (TPSA) is 100 Å². The van der Waals surface area contributed by atoms with Crippen LogP contribution in [0.1, 0.15) is 12.5 Å². The molecule has 1 aliphatic heterocycles. The summed E-state index contributed by atoms with van der Waals surface area (Å²) < 4.78 is 10.9. The van der Waals surface area contributed by atoms with E-state index in [0.717, 1.165) is 22.1 Å². The van der Waals surface area contributed by atoms with Crippen LogP contribution in [0.25, 0.3) is 10.8 Å². The van der Waals surface area contributed by atoms with Crippen LogP contribution in [0.5, 0.6) is 11.5 Å². The molecule has 3 aromatic carbocycles. The molecule has 8 heteroatoms. The molecule has 0 spiro atoms. The fourth-order valence-corrected chi connectivity index (χ4v) is 3.44. The van der Waals surface area contributed by atoms with E-state index in [4.69, 9.17) is 14.7 Å². The zero-order valence-electron chi connectivity index (χ0n) is 16.3. The first kappa shape index (κ1) is 19.5. The van der Waals surface area contributed by atoms with Gasteiger partial charge in [0.2, 0.25) is 5.72 Å². The van der Waals surface area contributed by atoms with Gasteiger partial charge in [0.25, 0.3) is 0 Å². The normalized spacial score (nSPS) is 18.2. The zero-order valence-corrected chi connectivity index (χ0v) is 16.3. The minimum absolute atomic E-state index is 0.147. The highest BCUT2D eigenvalue weighted by Gasteiger charge is 2.41. The Balaban J connectivity index is 1.40. The highest BCUT2D eigenvalue weighted by molar-refractivity contribution is 5.83. The number of carbonyl (C=O) groups is 2. The molecule has 3 aromatic rings. The van der Waals surface area contributed by atoms with Gasteiger partial charge in [-0.15, -0.1) is 0 Å². The van der Waals surface area contributed by atoms with Crippen LogP contribution in [-0.2, 0) is 11.3 Å². The lowest BCUT2D eigenvalue weighted by Crippen LogP contribution is -2.46. The van der Waals surface area contributed by atoms with Gasteiger partial charge in [0.15, 0.2) is 0 Å². The first-order chi connectivity index (χ1) is 14.4. The Morgan fingerprint density at radius 3 is 2.53 bits per heavy atom. The van der Waals surface area contributed by atoms with Crippen LogP contribution in [0.15, 0.2) is 66.7 Å². The van der Waals surface area contributed by atoms with Crippen molar-refractivity contribution in [3.63, 3.8) is 0 Å². The van der Waals surface area contributed by atoms with E-state index in [-0.39, 0.29) is 12.6 Å². The summed E-state index contributed by atoms with van der Waals surface area (Å²) in [6.45, 7) is 2.04. The Labute approximate surface area is 173 Å². The highest BCUT2D eigenvalue weighted by Crippen LogP contribution is 2.26. The second-order valence-corrected chi connectivity index (χ2v) is 7.27. The molecule has 1 saturated heterocycles. The molecule has 0 radical (unpaired) electrons. The highest BCUT2D eigenvalue weighted by atomic mass is 16.6. The number of amides is 3. The monoisotopic (exact) mass is 407 g/mol. The maximum Gasteiger partial charge on any atom is 0.433 e. The van der Waals surface area contributed by atoms with Crippen LogP contribution in [0.3, 0.4) is 0 Å². The van der Waals surface area contributed by atoms with Crippen molar-refractivity contribution < 1.29 is 24.3 Å². The summed E-state index contributed by atoms with van der Waals surface area (Å²) in [4.78, 5) is 25.0. The number of nitrogens with one attached hydrogen (secondary N) is 2. The Morgan fingerprint density at radius 2 is 1.80 bits per heavy atom. The molecular formula is C22H21N3O5. The summed E-state index contributed by atoms with van der Waals surface area (Å²) in [5.41, 5.74) is 1.06. The molecule has 0 bridgehead atoms. The lowest BCUT2D eigenvalue weighted by Gasteiger charge is -2.23. The molecule has 0 saturated carbocycles. The van der Waals surface area contributed by atoms with E-state index in [1.54, 1.807) is 6.92 Å². The van der Waals surface area contributed by atoms with E-state index >= 15 is 0 Å². The molecule has 0 aliphatic carbocycles. The van der Waals surface area contributed by atoms with E-state index in [2.05, 4.69) is 11.4 Å². The number of urea groups is 1. The summed E-state index contributed by atoms with van der Waals surface area (Å²) in [5, 5.41) is 13.4. The van der Waals surface area contributed by atoms with Crippen molar-refractivity contribution >= 4 is 22.9 Å². The first-order valence-electron chi connectivity index (χ1n) is 9.40. The third-order valence-corrected chi connectivity index (χ3v) is 4.81. The van der Waals surface area contributed by atoms with Gasteiger partial charge in [0.1, 0.15) is 11.5 Å². The molecule has 3 amide bonds. The first-order valence-corrected chi connectivity index (χ1v) is 9.40. The number of nitrogens with zero attached hydrogens (tertiary/aromatic N) is 1. The number of rotatable bonds is 5. The maximum absolute atomic E-state index is 12.2. The molecule has 3 N–H and O–H groups in total. The third kappa shape index (κ3) is 4.28. The van der Waals surface area contributed by atoms with Crippen molar-refractivity contribution in [2.45, 2.75) is 19.2 Å². The average molecular weight is 407 g/mol. The van der Waals surface area contributed by atoms with Gasteiger partial charge in [0.05, 0.1) is 6.54 Å². The number of fused-ring (bicyclic) bond motifs is 1. The van der Waals surface area contributed by atoms with E-state index < -0.39 is 11.8 Å². The Hall–Kier alpha value is -3.78. The summed E-state index contributed by atoms with van der Waals surface area (Å²) in [7, 11) is 0. The predicted molar refractivity (Wildman–Crippen MR) is 109 cm³/mol. The van der Waals surface area contributed by atoms with Crippen LogP contribution in [0.4, 0.5) is 9.59 Å². The number of benzene rings is 3. The van der Waals surface area contributed by atoms with Crippen molar-refractivity contribution in [3.8, 4) is 11.5 Å². The summed E-state index contributed by atoms with van der Waals surface area (Å²) in [6.07, 6.45) is -1.03. The molecular weight excluding hydrogens is 386 g/mol. The summed E-state index contributed by atoms with van der Waals surface area (Å²) in [5.74, 6) is 1.43. The van der Waals surface area contributed by atoms with Gasteiger partial charge in [-0.2, -0.15) is 0 Å². The smallest absolute Gasteiger partial charge is 0.433 e. The molecule has 1 aliphatic rings. The van der Waals surface area contributed by atoms with Crippen LogP contribution in [-0.4, -0.2) is 34.5 Å². The predicted octanol–water partition coefficient (Wildman–Crippen LogP) is 3.99. The molecule has 0 unspecified atom stereocenters. The quantitative estimate of drug-likeness (QED) is 0.439. The molecule has 1 atom stereocenters. The van der Waals surface area contributed by atoms with Crippen molar-refractivity contribution in [1.82, 2.24) is 15.7 Å². The maximum atomic E-state index is 12.2. The molecule has 154 valence electrons. The standard InChI is InChI=1S/C22H21N3O5/c1-22(30-21(27)24-28)14-25(20(26)23-22)13-15-6-9-18(10-7-15)29-19-11-8-16-4-2-3-5-17(16)12-19/h2-12,28H,13-14H2,1H3,(H,23,26)(H,24,27)/t22-/m1/s1. The molecule has 1 heterocycles. The van der Waals surface area contributed by atoms with Crippen LogP contribution in [0.2, 0.25) is 0 Å². The third-order valence-electron chi connectivity index (χ3n) is 4.81. The number of hydrogen-bond acceptors (Lipinski definition) is 5. The Morgan fingerprint density at radius 1 is 1.10 bits per heavy atom. The lowest BCUT2D eigenvalue weighted by atomic mass is 10.1. The van der Waals surface area contributed by atoms with Gasteiger partial charge in [-0.25, -0.2) is 15.1 Å². The Kier molecular flexibility index (Phi) is 5.16. The molecule has 0 aromatic heterocycles. The minimum Gasteiger partial charge on any atom is -0.457 e. The number of hydroxylamine groups is 1. The van der Waals surface area contributed by atoms with Crippen molar-refractivity contribution in [2.75, 3.05) is 6.54 Å². The van der Waals surface area contributed by atoms with Gasteiger partial charge in [-0.05, 0) is 47.5 Å². The van der Waals surface area contributed by atoms with Crippen LogP contribution < -0.4 is 15.5 Å². The molecule has 1 fully saturated rings. The van der Waals surface area contributed by atoms with E-state index in [1.807, 2.05) is 60.7 Å². The van der Waals surface area contributed by atoms with Crippen molar-refractivity contribution in [1.29, 1.82) is 0 Å². The van der Waals surface area contributed by atoms with Crippen LogP contribution in [0, 0.1) is 0 Å². The minimum atomic E-state index is -1.22. The summed E-state index contributed by atoms with van der Waals surface area (Å²) in [6, 6.07) is 21.1. The number of ether oxygens (including phenoxy) is 2. The van der Waals surface area contributed by atoms with Crippen LogP contribution >= 0.6 is 0 Å². The second-order valence-electron chi connectivity index (χ2n) is 7.27. The SMILES string of the molecule is C[C@@]1(OC(=O)NO)CN(Cc2ccc(Oc3ccc4ccccc4c3)cc2)C(=O)N1. The zero-order chi connectivity index (χ0) is 21.1. The fourth-order valence-electron chi connectivity index (χ4n) is 3.44.